The van der Waals surface area contributed by atoms with Gasteiger partial charge in [0.05, 0.1) is 6.42 Å². The molecule has 4 nitrogen and oxygen atoms in total. The molecule has 0 bridgehead atoms. The summed E-state index contributed by atoms with van der Waals surface area (Å²) >= 11 is 0. The minimum absolute atomic E-state index is 0.0724. The number of hydrogen-bond donors (Lipinski definition) is 2. The minimum Gasteiger partial charge on any atom is -0.481 e. The molecule has 1 saturated carbocycles. The van der Waals surface area contributed by atoms with Crippen molar-refractivity contribution < 1.29 is 14.7 Å². The Bertz CT molecular complexity index is 227. The number of carbonyl (C=O) groups excluding carboxylic acids is 1. The third kappa shape index (κ3) is 3.77. The van der Waals surface area contributed by atoms with Gasteiger partial charge in [0, 0.05) is 12.5 Å². The first-order valence-electron chi connectivity index (χ1n) is 5.14. The van der Waals surface area contributed by atoms with Crippen molar-refractivity contribution in [3.63, 3.8) is 0 Å². The quantitative estimate of drug-likeness (QED) is 0.674. The molecular weight excluding hydrogens is 182 g/mol. The summed E-state index contributed by atoms with van der Waals surface area (Å²) in [5, 5.41) is 11.2. The van der Waals surface area contributed by atoms with Gasteiger partial charge in [-0.3, -0.25) is 9.59 Å². The van der Waals surface area contributed by atoms with Crippen LogP contribution in [0, 0.1) is 5.92 Å². The van der Waals surface area contributed by atoms with Crippen LogP contribution in [0.2, 0.25) is 0 Å². The molecule has 2 atom stereocenters. The van der Waals surface area contributed by atoms with Crippen LogP contribution in [-0.4, -0.2) is 23.0 Å². The number of rotatable bonds is 6. The van der Waals surface area contributed by atoms with Crippen LogP contribution in [0.15, 0.2) is 0 Å². The van der Waals surface area contributed by atoms with Crippen molar-refractivity contribution in [3.05, 3.63) is 0 Å². The Labute approximate surface area is 83.7 Å². The van der Waals surface area contributed by atoms with E-state index in [2.05, 4.69) is 12.2 Å². The third-order valence-electron chi connectivity index (χ3n) is 2.49. The summed E-state index contributed by atoms with van der Waals surface area (Å²) in [5.41, 5.74) is 0. The Balaban J connectivity index is 2.07. The van der Waals surface area contributed by atoms with Gasteiger partial charge in [-0.15, -0.1) is 0 Å². The molecule has 1 aliphatic carbocycles. The number of carboxylic acid groups (broad SMARTS) is 1. The summed E-state index contributed by atoms with van der Waals surface area (Å²) < 4.78 is 0. The average molecular weight is 199 g/mol. The van der Waals surface area contributed by atoms with Crippen LogP contribution < -0.4 is 5.32 Å². The molecule has 80 valence electrons. The van der Waals surface area contributed by atoms with Crippen molar-refractivity contribution in [2.75, 3.05) is 0 Å². The number of carboxylic acids is 1. The van der Waals surface area contributed by atoms with Crippen molar-refractivity contribution in [2.24, 2.45) is 5.92 Å². The van der Waals surface area contributed by atoms with Gasteiger partial charge in [-0.1, -0.05) is 13.3 Å². The maximum Gasteiger partial charge on any atom is 0.303 e. The predicted molar refractivity (Wildman–Crippen MR) is 51.8 cm³/mol. The lowest BCUT2D eigenvalue weighted by Crippen LogP contribution is -2.27. The van der Waals surface area contributed by atoms with Crippen LogP contribution in [0.25, 0.3) is 0 Å². The van der Waals surface area contributed by atoms with Gasteiger partial charge in [0.15, 0.2) is 0 Å². The molecule has 1 fully saturated rings. The van der Waals surface area contributed by atoms with Crippen LogP contribution in [-0.2, 0) is 9.59 Å². The van der Waals surface area contributed by atoms with E-state index in [1.165, 1.54) is 0 Å². The molecule has 0 saturated heterocycles. The molecule has 0 spiro atoms. The zero-order valence-corrected chi connectivity index (χ0v) is 8.45. The second kappa shape index (κ2) is 4.98. The fraction of sp³-hybridized carbons (Fsp3) is 0.800. The van der Waals surface area contributed by atoms with Gasteiger partial charge in [-0.05, 0) is 18.8 Å². The Morgan fingerprint density at radius 1 is 1.43 bits per heavy atom. The molecule has 0 aliphatic heterocycles. The Hall–Kier alpha value is -1.06. The molecule has 1 amide bonds. The maximum absolute atomic E-state index is 11.2. The first kappa shape index (κ1) is 11.0. The second-order valence-corrected chi connectivity index (χ2v) is 3.85. The number of amides is 1. The van der Waals surface area contributed by atoms with Gasteiger partial charge < -0.3 is 10.4 Å². The molecule has 0 aromatic rings. The monoisotopic (exact) mass is 199 g/mol. The second-order valence-electron chi connectivity index (χ2n) is 3.85. The first-order valence-corrected chi connectivity index (χ1v) is 5.14. The van der Waals surface area contributed by atoms with Crippen LogP contribution in [0.4, 0.5) is 0 Å². The van der Waals surface area contributed by atoms with Gasteiger partial charge in [-0.25, -0.2) is 0 Å². The number of nitrogens with one attached hydrogen (secondary N) is 1. The van der Waals surface area contributed by atoms with E-state index in [0.717, 1.165) is 19.3 Å². The highest BCUT2D eigenvalue weighted by atomic mass is 16.4. The van der Waals surface area contributed by atoms with E-state index in [1.54, 1.807) is 0 Å². The molecule has 2 N–H and O–H groups in total. The van der Waals surface area contributed by atoms with Crippen molar-refractivity contribution in [2.45, 2.75) is 45.1 Å². The van der Waals surface area contributed by atoms with Gasteiger partial charge in [-0.2, -0.15) is 0 Å². The fourth-order valence-electron chi connectivity index (χ4n) is 1.61. The number of carbonyl (C=O) groups is 2. The summed E-state index contributed by atoms with van der Waals surface area (Å²) in [6.45, 7) is 2.13. The minimum atomic E-state index is -0.916. The summed E-state index contributed by atoms with van der Waals surface area (Å²) in [5.74, 6) is -0.411. The van der Waals surface area contributed by atoms with Gasteiger partial charge in [0.25, 0.3) is 0 Å². The summed E-state index contributed by atoms with van der Waals surface area (Å²) in [7, 11) is 0. The third-order valence-corrected chi connectivity index (χ3v) is 2.49. The van der Waals surface area contributed by atoms with Gasteiger partial charge >= 0.3 is 5.97 Å². The molecule has 4 heteroatoms. The summed E-state index contributed by atoms with van der Waals surface area (Å²) in [4.78, 5) is 21.4. The van der Waals surface area contributed by atoms with E-state index in [0.29, 0.717) is 12.0 Å². The number of aliphatic carboxylic acids is 1. The Kier molecular flexibility index (Phi) is 3.92. The molecule has 0 radical (unpaired) electrons. The first-order chi connectivity index (χ1) is 6.63. The van der Waals surface area contributed by atoms with Gasteiger partial charge in [0.2, 0.25) is 5.91 Å². The molecule has 1 rings (SSSR count). The molecule has 1 aliphatic rings. The van der Waals surface area contributed by atoms with Crippen LogP contribution in [0.3, 0.4) is 0 Å². The standard InChI is InChI=1S/C10H17NO3/c1-2-3-7-6-8(7)11-9(12)4-5-10(13)14/h7-8H,2-6H2,1H3,(H,11,12)(H,13,14). The highest BCUT2D eigenvalue weighted by molar-refractivity contribution is 5.81. The van der Waals surface area contributed by atoms with E-state index in [4.69, 9.17) is 5.11 Å². The highest BCUT2D eigenvalue weighted by Crippen LogP contribution is 2.34. The van der Waals surface area contributed by atoms with E-state index < -0.39 is 5.97 Å². The summed E-state index contributed by atoms with van der Waals surface area (Å²) in [6, 6.07) is 0.316. The topological polar surface area (TPSA) is 66.4 Å². The molecule has 14 heavy (non-hydrogen) atoms. The zero-order valence-electron chi connectivity index (χ0n) is 8.45. The van der Waals surface area contributed by atoms with Crippen molar-refractivity contribution in [3.8, 4) is 0 Å². The lowest BCUT2D eigenvalue weighted by Gasteiger charge is -2.02. The van der Waals surface area contributed by atoms with Gasteiger partial charge in [0.1, 0.15) is 0 Å². The predicted octanol–water partition coefficient (Wildman–Crippen LogP) is 1.16. The molecule has 0 aromatic heterocycles. The van der Waals surface area contributed by atoms with Crippen molar-refractivity contribution >= 4 is 11.9 Å². The van der Waals surface area contributed by atoms with Crippen LogP contribution >= 0.6 is 0 Å². The van der Waals surface area contributed by atoms with E-state index in [-0.39, 0.29) is 18.7 Å². The van der Waals surface area contributed by atoms with E-state index in [9.17, 15) is 9.59 Å². The normalized spacial score (nSPS) is 24.4. The summed E-state index contributed by atoms with van der Waals surface area (Å²) in [6.07, 6.45) is 3.39. The van der Waals surface area contributed by atoms with Crippen molar-refractivity contribution in [1.29, 1.82) is 0 Å². The lowest BCUT2D eigenvalue weighted by atomic mass is 10.2. The van der Waals surface area contributed by atoms with Crippen molar-refractivity contribution in [1.82, 2.24) is 5.32 Å². The smallest absolute Gasteiger partial charge is 0.303 e. The Morgan fingerprint density at radius 3 is 2.71 bits per heavy atom. The molecule has 2 unspecified atom stereocenters. The highest BCUT2D eigenvalue weighted by Gasteiger charge is 2.36. The SMILES string of the molecule is CCCC1CC1NC(=O)CCC(=O)O. The fourth-order valence-corrected chi connectivity index (χ4v) is 1.61. The number of hydrogen-bond acceptors (Lipinski definition) is 2. The molecule has 0 aromatic carbocycles. The lowest BCUT2D eigenvalue weighted by molar-refractivity contribution is -0.138. The van der Waals surface area contributed by atoms with E-state index >= 15 is 0 Å². The Morgan fingerprint density at radius 2 is 2.14 bits per heavy atom. The zero-order chi connectivity index (χ0) is 10.6. The average Bonchev–Trinajstić information content (AvgIpc) is 2.81. The largest absolute Gasteiger partial charge is 0.481 e. The van der Waals surface area contributed by atoms with Crippen LogP contribution in [0.5, 0.6) is 0 Å². The van der Waals surface area contributed by atoms with E-state index in [1.807, 2.05) is 0 Å². The maximum atomic E-state index is 11.2. The van der Waals surface area contributed by atoms with Crippen LogP contribution in [0.1, 0.15) is 39.0 Å². The molecule has 0 heterocycles. The molecular formula is C10H17NO3.